The summed E-state index contributed by atoms with van der Waals surface area (Å²) in [5.41, 5.74) is 3.38. The van der Waals surface area contributed by atoms with E-state index in [4.69, 9.17) is 5.73 Å². The number of nitrogens with two attached hydrogens (primary N) is 1. The Morgan fingerprint density at radius 1 is 1.20 bits per heavy atom. The van der Waals surface area contributed by atoms with Gasteiger partial charge in [0.05, 0.1) is 13.2 Å². The number of carbonyl (C=O) groups is 1. The summed E-state index contributed by atoms with van der Waals surface area (Å²) in [5.74, 6) is -2.50. The van der Waals surface area contributed by atoms with Gasteiger partial charge in [0.25, 0.3) is 0 Å². The van der Waals surface area contributed by atoms with Crippen molar-refractivity contribution in [2.75, 3.05) is 13.2 Å². The largest absolute Gasteiger partial charge is 0.479 e. The molecule has 0 aromatic heterocycles. The number of hydrogen-bond donors (Lipinski definition) is 1. The minimum Gasteiger partial charge on any atom is -0.479 e. The molecule has 4 nitrogen and oxygen atoms in total. The molecule has 0 aromatic rings. The summed E-state index contributed by atoms with van der Waals surface area (Å²) in [6.07, 6.45) is -4.88. The lowest BCUT2D eigenvalue weighted by molar-refractivity contribution is -0.151. The fourth-order valence-corrected chi connectivity index (χ4v) is 0.787. The molecular weight excluding hydrogens is 215 g/mol. The van der Waals surface area contributed by atoms with Crippen LogP contribution in [0.1, 0.15) is 13.8 Å². The van der Waals surface area contributed by atoms with E-state index in [1.807, 2.05) is 0 Å². The summed E-state index contributed by atoms with van der Waals surface area (Å²) in [6, 6.07) is 0. The summed E-state index contributed by atoms with van der Waals surface area (Å²) < 4.78 is 45.7. The van der Waals surface area contributed by atoms with E-state index < -0.39 is 23.6 Å². The molecule has 0 saturated carbocycles. The number of halogens is 3. The predicted octanol–water partition coefficient (Wildman–Crippen LogP) is 1.32. The molecule has 0 aliphatic heterocycles. The van der Waals surface area contributed by atoms with E-state index >= 15 is 0 Å². The summed E-state index contributed by atoms with van der Waals surface area (Å²) in [6.45, 7) is 2.61. The molecule has 0 bridgehead atoms. The second kappa shape index (κ2) is 5.47. The van der Waals surface area contributed by atoms with Gasteiger partial charge in [0.2, 0.25) is 5.88 Å². The average Bonchev–Trinajstić information content (AvgIpc) is 2.01. The zero-order valence-corrected chi connectivity index (χ0v) is 8.35. The van der Waals surface area contributed by atoms with E-state index in [-0.39, 0.29) is 13.2 Å². The topological polar surface area (TPSA) is 61.5 Å². The molecule has 0 aliphatic rings. The standard InChI is InChI=1S/C8H12F3NO3/c1-3-14-6(12)5(8(9,10)11)7(13)15-4-2/h3-4,12H2,1-2H3. The fraction of sp³-hybridized carbons (Fsp3) is 0.625. The number of carbonyl (C=O) groups excluding carboxylic acids is 1. The zero-order valence-electron chi connectivity index (χ0n) is 8.35. The lowest BCUT2D eigenvalue weighted by atomic mass is 10.2. The lowest BCUT2D eigenvalue weighted by Gasteiger charge is -2.13. The van der Waals surface area contributed by atoms with Crippen LogP contribution in [0.15, 0.2) is 11.5 Å². The summed E-state index contributed by atoms with van der Waals surface area (Å²) in [5, 5.41) is 0. The van der Waals surface area contributed by atoms with Gasteiger partial charge in [-0.2, -0.15) is 13.2 Å². The molecule has 0 aliphatic carbocycles. The maximum Gasteiger partial charge on any atom is 0.428 e. The number of ether oxygens (including phenoxy) is 2. The summed E-state index contributed by atoms with van der Waals surface area (Å²) in [4.78, 5) is 10.9. The molecule has 0 aromatic carbocycles. The summed E-state index contributed by atoms with van der Waals surface area (Å²) >= 11 is 0. The molecule has 0 atom stereocenters. The molecule has 0 fully saturated rings. The quantitative estimate of drug-likeness (QED) is 0.447. The van der Waals surface area contributed by atoms with Crippen molar-refractivity contribution in [2.24, 2.45) is 5.73 Å². The second-order valence-electron chi connectivity index (χ2n) is 2.39. The number of esters is 1. The van der Waals surface area contributed by atoms with Gasteiger partial charge >= 0.3 is 12.1 Å². The molecule has 7 heteroatoms. The van der Waals surface area contributed by atoms with Crippen LogP contribution < -0.4 is 5.73 Å². The van der Waals surface area contributed by atoms with E-state index in [0.29, 0.717) is 0 Å². The maximum absolute atomic E-state index is 12.3. The van der Waals surface area contributed by atoms with Gasteiger partial charge in [0.15, 0.2) is 5.57 Å². The Morgan fingerprint density at radius 2 is 1.67 bits per heavy atom. The third kappa shape index (κ3) is 4.09. The molecule has 0 radical (unpaired) electrons. The van der Waals surface area contributed by atoms with Gasteiger partial charge in [-0.3, -0.25) is 0 Å². The van der Waals surface area contributed by atoms with Crippen molar-refractivity contribution in [1.82, 2.24) is 0 Å². The van der Waals surface area contributed by atoms with E-state index in [9.17, 15) is 18.0 Å². The maximum atomic E-state index is 12.3. The van der Waals surface area contributed by atoms with Crippen molar-refractivity contribution >= 4 is 5.97 Å². The van der Waals surface area contributed by atoms with E-state index in [1.54, 1.807) is 0 Å². The van der Waals surface area contributed by atoms with Gasteiger partial charge in [-0.05, 0) is 13.8 Å². The number of hydrogen-bond acceptors (Lipinski definition) is 4. The van der Waals surface area contributed by atoms with Gasteiger partial charge in [-0.15, -0.1) is 0 Å². The van der Waals surface area contributed by atoms with Crippen LogP contribution in [0.3, 0.4) is 0 Å². The van der Waals surface area contributed by atoms with E-state index in [2.05, 4.69) is 9.47 Å². The van der Waals surface area contributed by atoms with Crippen LogP contribution in [0.25, 0.3) is 0 Å². The molecule has 0 rings (SSSR count). The Balaban J connectivity index is 5.06. The van der Waals surface area contributed by atoms with Gasteiger partial charge in [-0.25, -0.2) is 4.79 Å². The first kappa shape index (κ1) is 13.6. The molecule has 15 heavy (non-hydrogen) atoms. The minimum atomic E-state index is -4.88. The molecule has 0 spiro atoms. The Bertz CT molecular complexity index is 260. The lowest BCUT2D eigenvalue weighted by Crippen LogP contribution is -2.27. The Labute approximate surface area is 84.8 Å². The van der Waals surface area contributed by atoms with Crippen LogP contribution in [-0.4, -0.2) is 25.4 Å². The van der Waals surface area contributed by atoms with Crippen molar-refractivity contribution in [3.63, 3.8) is 0 Å². The van der Waals surface area contributed by atoms with Crippen LogP contribution in [0.2, 0.25) is 0 Å². The van der Waals surface area contributed by atoms with Crippen molar-refractivity contribution in [1.29, 1.82) is 0 Å². The smallest absolute Gasteiger partial charge is 0.428 e. The molecule has 0 unspecified atom stereocenters. The molecule has 88 valence electrons. The highest BCUT2D eigenvalue weighted by molar-refractivity contribution is 5.90. The zero-order chi connectivity index (χ0) is 12.1. The van der Waals surface area contributed by atoms with Crippen LogP contribution >= 0.6 is 0 Å². The van der Waals surface area contributed by atoms with E-state index in [0.717, 1.165) is 0 Å². The normalized spacial score (nSPS) is 13.1. The highest BCUT2D eigenvalue weighted by atomic mass is 19.4. The highest BCUT2D eigenvalue weighted by Crippen LogP contribution is 2.28. The minimum absolute atomic E-state index is 0.0647. The van der Waals surface area contributed by atoms with Crippen molar-refractivity contribution in [2.45, 2.75) is 20.0 Å². The monoisotopic (exact) mass is 227 g/mol. The predicted molar refractivity (Wildman–Crippen MR) is 45.5 cm³/mol. The van der Waals surface area contributed by atoms with E-state index in [1.165, 1.54) is 13.8 Å². The third-order valence-corrected chi connectivity index (χ3v) is 1.31. The highest BCUT2D eigenvalue weighted by Gasteiger charge is 2.43. The first-order chi connectivity index (χ1) is 6.84. The Hall–Kier alpha value is -1.40. The van der Waals surface area contributed by atoms with Crippen molar-refractivity contribution in [3.8, 4) is 0 Å². The second-order valence-corrected chi connectivity index (χ2v) is 2.39. The van der Waals surface area contributed by atoms with Gasteiger partial charge in [0.1, 0.15) is 0 Å². The SMILES string of the molecule is CCOC(=O)C(=C(N)OCC)C(F)(F)F. The molecule has 2 N–H and O–H groups in total. The summed E-state index contributed by atoms with van der Waals surface area (Å²) in [7, 11) is 0. The number of rotatable bonds is 4. The molecular formula is C8H12F3NO3. The van der Waals surface area contributed by atoms with Crippen LogP contribution in [-0.2, 0) is 14.3 Å². The Kier molecular flexibility index (Phi) is 4.96. The Morgan fingerprint density at radius 3 is 2.00 bits per heavy atom. The molecule has 0 saturated heterocycles. The van der Waals surface area contributed by atoms with Gasteiger partial charge in [0, 0.05) is 0 Å². The van der Waals surface area contributed by atoms with Crippen LogP contribution in [0, 0.1) is 0 Å². The number of alkyl halides is 3. The van der Waals surface area contributed by atoms with Gasteiger partial charge in [-0.1, -0.05) is 0 Å². The third-order valence-electron chi connectivity index (χ3n) is 1.31. The average molecular weight is 227 g/mol. The first-order valence-electron chi connectivity index (χ1n) is 4.21. The molecule has 0 amide bonds. The first-order valence-corrected chi connectivity index (χ1v) is 4.21. The fourth-order valence-electron chi connectivity index (χ4n) is 0.787. The van der Waals surface area contributed by atoms with Crippen molar-refractivity contribution < 1.29 is 27.4 Å². The van der Waals surface area contributed by atoms with Gasteiger partial charge < -0.3 is 15.2 Å². The van der Waals surface area contributed by atoms with Crippen LogP contribution in [0.5, 0.6) is 0 Å². The molecule has 0 heterocycles. The van der Waals surface area contributed by atoms with Crippen molar-refractivity contribution in [3.05, 3.63) is 11.5 Å². The van der Waals surface area contributed by atoms with Crippen LogP contribution in [0.4, 0.5) is 13.2 Å².